The van der Waals surface area contributed by atoms with E-state index in [1.165, 1.54) is 7.11 Å². The molecule has 0 aromatic carbocycles. The average molecular weight is 245 g/mol. The largest absolute Gasteiger partial charge is 0.469 e. The zero-order valence-corrected chi connectivity index (χ0v) is 10.5. The minimum atomic E-state index is -0.653. The lowest BCUT2D eigenvalue weighted by atomic mass is 9.95. The van der Waals surface area contributed by atoms with Crippen LogP contribution >= 0.6 is 0 Å². The highest BCUT2D eigenvalue weighted by Crippen LogP contribution is 2.16. The Hall–Kier alpha value is -1.30. The summed E-state index contributed by atoms with van der Waals surface area (Å²) in [5, 5.41) is 3.32. The number of hydrogen-bond donors (Lipinski definition) is 0. The monoisotopic (exact) mass is 245 g/mol. The topological polar surface area (TPSA) is 93.5 Å². The summed E-state index contributed by atoms with van der Waals surface area (Å²) in [7, 11) is 1.35. The van der Waals surface area contributed by atoms with Crippen molar-refractivity contribution in [2.24, 2.45) is 10.5 Å². The molecule has 98 valence electrons. The van der Waals surface area contributed by atoms with Crippen LogP contribution in [0.2, 0.25) is 0 Å². The van der Waals surface area contributed by atoms with Gasteiger partial charge in [0.25, 0.3) is 0 Å². The number of nitrogens with zero attached hydrogens (tertiary/aromatic N) is 3. The third-order valence-electron chi connectivity index (χ3n) is 1.97. The van der Waals surface area contributed by atoms with Crippen molar-refractivity contribution in [1.29, 1.82) is 0 Å². The van der Waals surface area contributed by atoms with Gasteiger partial charge in [0.2, 0.25) is 0 Å². The minimum absolute atomic E-state index is 0.277. The van der Waals surface area contributed by atoms with Gasteiger partial charge < -0.3 is 14.2 Å². The van der Waals surface area contributed by atoms with Crippen molar-refractivity contribution in [2.45, 2.75) is 13.8 Å². The van der Waals surface area contributed by atoms with E-state index in [0.717, 1.165) is 0 Å². The van der Waals surface area contributed by atoms with Crippen molar-refractivity contribution < 1.29 is 19.0 Å². The molecule has 0 rings (SSSR count). The summed E-state index contributed by atoms with van der Waals surface area (Å²) >= 11 is 0. The molecule has 0 unspecified atom stereocenters. The van der Waals surface area contributed by atoms with E-state index in [0.29, 0.717) is 26.4 Å². The number of carbonyl (C=O) groups excluding carboxylic acids is 1. The number of methoxy groups -OCH3 is 1. The zero-order valence-electron chi connectivity index (χ0n) is 10.5. The lowest BCUT2D eigenvalue weighted by molar-refractivity contribution is -0.154. The van der Waals surface area contributed by atoms with Crippen molar-refractivity contribution in [3.05, 3.63) is 10.4 Å². The van der Waals surface area contributed by atoms with Crippen LogP contribution in [-0.4, -0.2) is 46.1 Å². The Labute approximate surface area is 101 Å². The van der Waals surface area contributed by atoms with Gasteiger partial charge in [-0.3, -0.25) is 4.79 Å². The first kappa shape index (κ1) is 15.7. The number of rotatable bonds is 9. The number of azide groups is 1. The molecule has 0 spiro atoms. The molecule has 7 nitrogen and oxygen atoms in total. The predicted molar refractivity (Wildman–Crippen MR) is 61.4 cm³/mol. The van der Waals surface area contributed by atoms with Gasteiger partial charge in [0.1, 0.15) is 0 Å². The highest BCUT2D eigenvalue weighted by atomic mass is 16.5. The van der Waals surface area contributed by atoms with Crippen LogP contribution in [0, 0.1) is 5.41 Å². The molecule has 0 N–H and O–H groups in total. The van der Waals surface area contributed by atoms with Crippen LogP contribution in [0.1, 0.15) is 13.8 Å². The van der Waals surface area contributed by atoms with Gasteiger partial charge in [-0.1, -0.05) is 5.11 Å². The van der Waals surface area contributed by atoms with Crippen LogP contribution in [-0.2, 0) is 19.0 Å². The summed E-state index contributed by atoms with van der Waals surface area (Å²) < 4.78 is 15.1. The van der Waals surface area contributed by atoms with Gasteiger partial charge in [0, 0.05) is 11.5 Å². The number of esters is 1. The van der Waals surface area contributed by atoms with Crippen LogP contribution in [0.25, 0.3) is 10.4 Å². The second-order valence-electron chi connectivity index (χ2n) is 3.99. The van der Waals surface area contributed by atoms with Gasteiger partial charge in [0.15, 0.2) is 0 Å². The Bertz CT molecular complexity index is 275. The summed E-state index contributed by atoms with van der Waals surface area (Å²) in [4.78, 5) is 13.9. The quantitative estimate of drug-likeness (QED) is 0.202. The molecule has 0 aliphatic rings. The SMILES string of the molecule is COC(=O)C(C)(C)COCCOCCN=[N+]=[N-]. The fourth-order valence-corrected chi connectivity index (χ4v) is 1.03. The summed E-state index contributed by atoms with van der Waals surface area (Å²) in [6.07, 6.45) is 0. The van der Waals surface area contributed by atoms with E-state index in [-0.39, 0.29) is 12.6 Å². The number of carbonyl (C=O) groups is 1. The van der Waals surface area contributed by atoms with Crippen LogP contribution in [0.3, 0.4) is 0 Å². The van der Waals surface area contributed by atoms with Gasteiger partial charge in [0.05, 0.1) is 39.0 Å². The maximum absolute atomic E-state index is 11.3. The Morgan fingerprint density at radius 2 is 1.94 bits per heavy atom. The zero-order chi connectivity index (χ0) is 13.1. The maximum atomic E-state index is 11.3. The van der Waals surface area contributed by atoms with E-state index in [2.05, 4.69) is 14.8 Å². The summed E-state index contributed by atoms with van der Waals surface area (Å²) in [6.45, 7) is 5.24. The molecule has 0 heterocycles. The third-order valence-corrected chi connectivity index (χ3v) is 1.97. The van der Waals surface area contributed by atoms with Crippen LogP contribution in [0.4, 0.5) is 0 Å². The van der Waals surface area contributed by atoms with E-state index < -0.39 is 5.41 Å². The highest BCUT2D eigenvalue weighted by molar-refractivity contribution is 5.75. The summed E-state index contributed by atoms with van der Waals surface area (Å²) in [5.74, 6) is -0.304. The average Bonchev–Trinajstić information content (AvgIpc) is 2.31. The second kappa shape index (κ2) is 8.81. The molecule has 0 amide bonds. The van der Waals surface area contributed by atoms with Crippen molar-refractivity contribution in [3.63, 3.8) is 0 Å². The molecule has 0 fully saturated rings. The van der Waals surface area contributed by atoms with Gasteiger partial charge in [-0.25, -0.2) is 0 Å². The lowest BCUT2D eigenvalue weighted by Gasteiger charge is -2.20. The molecule has 0 aromatic heterocycles. The first-order valence-corrected chi connectivity index (χ1v) is 5.29. The standard InChI is InChI=1S/C10H19N3O4/c1-10(2,9(14)15-3)8-17-7-6-16-5-4-12-13-11/h4-8H2,1-3H3. The molecule has 0 radical (unpaired) electrons. The van der Waals surface area contributed by atoms with E-state index in [9.17, 15) is 4.79 Å². The van der Waals surface area contributed by atoms with Crippen molar-refractivity contribution in [3.8, 4) is 0 Å². The van der Waals surface area contributed by atoms with Crippen LogP contribution in [0.5, 0.6) is 0 Å². The first-order chi connectivity index (χ1) is 8.04. The Balaban J connectivity index is 3.51. The van der Waals surface area contributed by atoms with E-state index in [4.69, 9.17) is 15.0 Å². The van der Waals surface area contributed by atoms with Crippen molar-refractivity contribution in [2.75, 3.05) is 40.1 Å². The molecule has 0 bridgehead atoms. The Kier molecular flexibility index (Phi) is 8.13. The van der Waals surface area contributed by atoms with Gasteiger partial charge in [-0.15, -0.1) is 0 Å². The predicted octanol–water partition coefficient (Wildman–Crippen LogP) is 1.53. The van der Waals surface area contributed by atoms with Gasteiger partial charge in [-0.2, -0.15) is 0 Å². The fourth-order valence-electron chi connectivity index (χ4n) is 1.03. The molecular weight excluding hydrogens is 226 g/mol. The van der Waals surface area contributed by atoms with E-state index in [1.807, 2.05) is 0 Å². The molecule has 0 saturated heterocycles. The summed E-state index contributed by atoms with van der Waals surface area (Å²) in [6, 6.07) is 0. The van der Waals surface area contributed by atoms with Crippen LogP contribution < -0.4 is 0 Å². The lowest BCUT2D eigenvalue weighted by Crippen LogP contribution is -2.31. The number of ether oxygens (including phenoxy) is 3. The van der Waals surface area contributed by atoms with E-state index in [1.54, 1.807) is 13.8 Å². The van der Waals surface area contributed by atoms with Gasteiger partial charge >= 0.3 is 5.97 Å². The fraction of sp³-hybridized carbons (Fsp3) is 0.900. The Morgan fingerprint density at radius 1 is 1.29 bits per heavy atom. The minimum Gasteiger partial charge on any atom is -0.469 e. The smallest absolute Gasteiger partial charge is 0.313 e. The molecular formula is C10H19N3O4. The molecule has 0 aromatic rings. The number of hydrogen-bond acceptors (Lipinski definition) is 5. The molecule has 7 heteroatoms. The molecule has 0 atom stereocenters. The second-order valence-corrected chi connectivity index (χ2v) is 3.99. The molecule has 0 aliphatic carbocycles. The molecule has 17 heavy (non-hydrogen) atoms. The van der Waals surface area contributed by atoms with Crippen LogP contribution in [0.15, 0.2) is 5.11 Å². The highest BCUT2D eigenvalue weighted by Gasteiger charge is 2.28. The first-order valence-electron chi connectivity index (χ1n) is 5.29. The normalized spacial score (nSPS) is 10.8. The summed E-state index contributed by atoms with van der Waals surface area (Å²) in [5.41, 5.74) is 7.35. The molecule has 0 saturated carbocycles. The third kappa shape index (κ3) is 7.57. The molecule has 0 aliphatic heterocycles. The maximum Gasteiger partial charge on any atom is 0.313 e. The Morgan fingerprint density at radius 3 is 2.53 bits per heavy atom. The van der Waals surface area contributed by atoms with E-state index >= 15 is 0 Å². The van der Waals surface area contributed by atoms with Crippen molar-refractivity contribution >= 4 is 5.97 Å². The van der Waals surface area contributed by atoms with Gasteiger partial charge in [-0.05, 0) is 19.4 Å². The van der Waals surface area contributed by atoms with Crippen molar-refractivity contribution in [1.82, 2.24) is 0 Å².